The number of rotatable bonds is 7. The second-order valence-corrected chi connectivity index (χ2v) is 5.61. The molecule has 1 aromatic heterocycles. The van der Waals surface area contributed by atoms with Gasteiger partial charge in [-0.2, -0.15) is 0 Å². The van der Waals surface area contributed by atoms with Gasteiger partial charge in [0.05, 0.1) is 32.9 Å². The van der Waals surface area contributed by atoms with Crippen LogP contribution in [-0.2, 0) is 23.0 Å². The number of hydrogen-bond acceptors (Lipinski definition) is 5. The predicted octanol–water partition coefficient (Wildman–Crippen LogP) is 2.69. The molecule has 0 bridgehead atoms. The smallest absolute Gasteiger partial charge is 0.311 e. The number of benzene rings is 1. The number of ketones is 1. The highest BCUT2D eigenvalue weighted by atomic mass is 16.5. The van der Waals surface area contributed by atoms with Crippen molar-refractivity contribution in [3.05, 3.63) is 46.8 Å². The van der Waals surface area contributed by atoms with Gasteiger partial charge in [0.2, 0.25) is 5.78 Å². The maximum atomic E-state index is 12.9. The number of aromatic nitrogens is 1. The lowest BCUT2D eigenvalue weighted by atomic mass is 10.1. The molecular weight excluding hydrogens is 322 g/mol. The molecule has 0 N–H and O–H groups in total. The summed E-state index contributed by atoms with van der Waals surface area (Å²) in [5, 5.41) is 0. The zero-order chi connectivity index (χ0) is 18.6. The zero-order valence-corrected chi connectivity index (χ0v) is 15.2. The predicted molar refractivity (Wildman–Crippen MR) is 93.5 cm³/mol. The Labute approximate surface area is 147 Å². The number of methoxy groups -OCH3 is 2. The number of carbonyl (C=O) groups is 2. The van der Waals surface area contributed by atoms with Crippen LogP contribution in [0.1, 0.15) is 34.2 Å². The maximum Gasteiger partial charge on any atom is 0.311 e. The molecule has 0 aliphatic heterocycles. The highest BCUT2D eigenvalue weighted by Gasteiger charge is 2.21. The van der Waals surface area contributed by atoms with Crippen molar-refractivity contribution in [1.29, 1.82) is 0 Å². The van der Waals surface area contributed by atoms with Gasteiger partial charge in [-0.1, -0.05) is 0 Å². The molecule has 0 spiro atoms. The molecule has 0 aliphatic carbocycles. The summed E-state index contributed by atoms with van der Waals surface area (Å²) in [5.41, 5.74) is 2.57. The van der Waals surface area contributed by atoms with Gasteiger partial charge in [-0.3, -0.25) is 9.59 Å². The lowest BCUT2D eigenvalue weighted by Crippen LogP contribution is -2.14. The van der Waals surface area contributed by atoms with E-state index in [1.165, 1.54) is 7.11 Å². The molecule has 2 aromatic rings. The second-order valence-electron chi connectivity index (χ2n) is 5.61. The SMILES string of the molecule is CCOC(=O)Cc1cc(C)c(C(=O)c2ccc(OC)c(OC)c2)n1C. The highest BCUT2D eigenvalue weighted by Crippen LogP contribution is 2.29. The first kappa shape index (κ1) is 18.6. The zero-order valence-electron chi connectivity index (χ0n) is 15.2. The van der Waals surface area contributed by atoms with Gasteiger partial charge in [0.25, 0.3) is 0 Å². The Kier molecular flexibility index (Phi) is 5.85. The van der Waals surface area contributed by atoms with Crippen LogP contribution in [0.15, 0.2) is 24.3 Å². The minimum Gasteiger partial charge on any atom is -0.493 e. The Hall–Kier alpha value is -2.76. The maximum absolute atomic E-state index is 12.9. The largest absolute Gasteiger partial charge is 0.493 e. The van der Waals surface area contributed by atoms with Crippen LogP contribution >= 0.6 is 0 Å². The summed E-state index contributed by atoms with van der Waals surface area (Å²) >= 11 is 0. The van der Waals surface area contributed by atoms with E-state index >= 15 is 0 Å². The van der Waals surface area contributed by atoms with Crippen LogP contribution in [0.5, 0.6) is 11.5 Å². The van der Waals surface area contributed by atoms with Crippen molar-refractivity contribution in [2.24, 2.45) is 7.05 Å². The van der Waals surface area contributed by atoms with Crippen LogP contribution in [0.2, 0.25) is 0 Å². The standard InChI is InChI=1S/C19H23NO5/c1-6-25-17(21)11-14-9-12(2)18(20(14)3)19(22)13-7-8-15(23-4)16(10-13)24-5/h7-10H,6,11H2,1-5H3. The third-order valence-electron chi connectivity index (χ3n) is 4.01. The summed E-state index contributed by atoms with van der Waals surface area (Å²) in [4.78, 5) is 24.7. The fourth-order valence-corrected chi connectivity index (χ4v) is 2.80. The molecular formula is C19H23NO5. The fraction of sp³-hybridized carbons (Fsp3) is 0.368. The van der Waals surface area contributed by atoms with Crippen molar-refractivity contribution in [2.45, 2.75) is 20.3 Å². The van der Waals surface area contributed by atoms with Gasteiger partial charge >= 0.3 is 5.97 Å². The second kappa shape index (κ2) is 7.88. The molecule has 0 saturated carbocycles. The van der Waals surface area contributed by atoms with E-state index in [1.54, 1.807) is 43.8 Å². The van der Waals surface area contributed by atoms with Crippen molar-refractivity contribution < 1.29 is 23.8 Å². The number of carbonyl (C=O) groups excluding carboxylic acids is 2. The molecule has 6 heteroatoms. The summed E-state index contributed by atoms with van der Waals surface area (Å²) in [7, 11) is 4.84. The van der Waals surface area contributed by atoms with Gasteiger partial charge in [-0.25, -0.2) is 0 Å². The van der Waals surface area contributed by atoms with Crippen molar-refractivity contribution in [1.82, 2.24) is 4.57 Å². The number of hydrogen-bond donors (Lipinski definition) is 0. The van der Waals surface area contributed by atoms with Crippen LogP contribution in [0.3, 0.4) is 0 Å². The minimum atomic E-state index is -0.312. The number of esters is 1. The van der Waals surface area contributed by atoms with E-state index in [-0.39, 0.29) is 18.2 Å². The number of nitrogens with zero attached hydrogens (tertiary/aromatic N) is 1. The van der Waals surface area contributed by atoms with Gasteiger partial charge in [0.15, 0.2) is 11.5 Å². The van der Waals surface area contributed by atoms with Crippen LogP contribution in [-0.4, -0.2) is 37.1 Å². The normalized spacial score (nSPS) is 10.4. The average Bonchev–Trinajstić information content (AvgIpc) is 2.87. The van der Waals surface area contributed by atoms with Crippen molar-refractivity contribution in [3.63, 3.8) is 0 Å². The first-order valence-electron chi connectivity index (χ1n) is 8.00. The third kappa shape index (κ3) is 3.84. The van der Waals surface area contributed by atoms with Crippen LogP contribution in [0.4, 0.5) is 0 Å². The molecule has 0 fully saturated rings. The Balaban J connectivity index is 2.37. The molecule has 134 valence electrons. The molecule has 2 rings (SSSR count). The number of aryl methyl sites for hydroxylation is 1. The topological polar surface area (TPSA) is 66.8 Å². The van der Waals surface area contributed by atoms with E-state index in [4.69, 9.17) is 14.2 Å². The van der Waals surface area contributed by atoms with Crippen molar-refractivity contribution in [3.8, 4) is 11.5 Å². The van der Waals surface area contributed by atoms with E-state index in [9.17, 15) is 9.59 Å². The van der Waals surface area contributed by atoms with Gasteiger partial charge in [-0.05, 0) is 43.7 Å². The van der Waals surface area contributed by atoms with Crippen LogP contribution in [0, 0.1) is 6.92 Å². The highest BCUT2D eigenvalue weighted by molar-refractivity contribution is 6.09. The Bertz CT molecular complexity index is 791. The lowest BCUT2D eigenvalue weighted by molar-refractivity contribution is -0.142. The van der Waals surface area contributed by atoms with Crippen LogP contribution in [0.25, 0.3) is 0 Å². The Morgan fingerprint density at radius 2 is 1.76 bits per heavy atom. The average molecular weight is 345 g/mol. The van der Waals surface area contributed by atoms with Gasteiger partial charge in [-0.15, -0.1) is 0 Å². The van der Waals surface area contributed by atoms with Gasteiger partial charge in [0.1, 0.15) is 0 Å². The summed E-state index contributed by atoms with van der Waals surface area (Å²) < 4.78 is 17.2. The van der Waals surface area contributed by atoms with Crippen LogP contribution < -0.4 is 9.47 Å². The molecule has 1 aromatic carbocycles. The van der Waals surface area contributed by atoms with Gasteiger partial charge < -0.3 is 18.8 Å². The quantitative estimate of drug-likeness (QED) is 0.570. The van der Waals surface area contributed by atoms with E-state index in [1.807, 2.05) is 13.0 Å². The summed E-state index contributed by atoms with van der Waals surface area (Å²) in [6.07, 6.45) is 0.129. The fourth-order valence-electron chi connectivity index (χ4n) is 2.80. The molecule has 0 radical (unpaired) electrons. The number of ether oxygens (including phenoxy) is 3. The van der Waals surface area contributed by atoms with Crippen molar-refractivity contribution >= 4 is 11.8 Å². The monoisotopic (exact) mass is 345 g/mol. The molecule has 0 amide bonds. The summed E-state index contributed by atoms with van der Waals surface area (Å²) in [5.74, 6) is 0.599. The van der Waals surface area contributed by atoms with E-state index in [2.05, 4.69) is 0 Å². The minimum absolute atomic E-state index is 0.129. The molecule has 1 heterocycles. The van der Waals surface area contributed by atoms with E-state index in [0.717, 1.165) is 11.3 Å². The Morgan fingerprint density at radius 3 is 2.36 bits per heavy atom. The lowest BCUT2D eigenvalue weighted by Gasteiger charge is -2.11. The Morgan fingerprint density at radius 1 is 1.08 bits per heavy atom. The molecule has 25 heavy (non-hydrogen) atoms. The first-order valence-corrected chi connectivity index (χ1v) is 8.00. The first-order chi connectivity index (χ1) is 11.9. The molecule has 6 nitrogen and oxygen atoms in total. The third-order valence-corrected chi connectivity index (χ3v) is 4.01. The van der Waals surface area contributed by atoms with Gasteiger partial charge in [0, 0.05) is 18.3 Å². The summed E-state index contributed by atoms with van der Waals surface area (Å²) in [6, 6.07) is 6.88. The molecule has 0 atom stereocenters. The van der Waals surface area contributed by atoms with E-state index < -0.39 is 0 Å². The molecule has 0 aliphatic rings. The van der Waals surface area contributed by atoms with E-state index in [0.29, 0.717) is 29.4 Å². The molecule has 0 unspecified atom stereocenters. The summed E-state index contributed by atoms with van der Waals surface area (Å²) in [6.45, 7) is 3.95. The van der Waals surface area contributed by atoms with Crippen molar-refractivity contribution in [2.75, 3.05) is 20.8 Å². The molecule has 0 saturated heterocycles.